The second-order valence-electron chi connectivity index (χ2n) is 4.51. The van der Waals surface area contributed by atoms with E-state index in [9.17, 15) is 0 Å². The van der Waals surface area contributed by atoms with Crippen molar-refractivity contribution in [3.63, 3.8) is 0 Å². The molecule has 0 aromatic heterocycles. The van der Waals surface area contributed by atoms with Gasteiger partial charge in [-0.1, -0.05) is 0 Å². The number of hydrogen-bond donors (Lipinski definition) is 0. The monoisotopic (exact) mass is 362 g/mol. The first-order valence-corrected chi connectivity index (χ1v) is 10.5. The summed E-state index contributed by atoms with van der Waals surface area (Å²) >= 11 is -1.99. The standard InChI is InChI=1S/2C6H5.C5H11O.Sb/c2*1-2-4-6-5-3-1;1-2-3-4-5-6;/h2*1-5H;2-5H2,1H3;/q;;-1;+1. The van der Waals surface area contributed by atoms with Crippen LogP contribution in [0.2, 0.25) is 0 Å². The number of unbranched alkanes of at least 4 members (excludes halogenated alkanes) is 2. The third kappa shape index (κ3) is 4.67. The Labute approximate surface area is 124 Å². The van der Waals surface area contributed by atoms with Crippen molar-refractivity contribution in [3.05, 3.63) is 60.7 Å². The van der Waals surface area contributed by atoms with E-state index in [-0.39, 0.29) is 0 Å². The SMILES string of the molecule is CCCCC[O][Sb]([c]1ccccc1)[c]1ccccc1. The van der Waals surface area contributed by atoms with Gasteiger partial charge in [-0.3, -0.25) is 0 Å². The van der Waals surface area contributed by atoms with E-state index in [0.717, 1.165) is 6.61 Å². The Hall–Kier alpha value is -0.782. The van der Waals surface area contributed by atoms with Crippen LogP contribution in [0.3, 0.4) is 0 Å². The Morgan fingerprint density at radius 2 is 1.32 bits per heavy atom. The van der Waals surface area contributed by atoms with Gasteiger partial charge in [0.15, 0.2) is 0 Å². The van der Waals surface area contributed by atoms with Crippen molar-refractivity contribution in [1.82, 2.24) is 0 Å². The molecule has 0 bridgehead atoms. The molecule has 0 radical (unpaired) electrons. The zero-order valence-electron chi connectivity index (χ0n) is 11.5. The van der Waals surface area contributed by atoms with Crippen molar-refractivity contribution in [3.8, 4) is 0 Å². The predicted octanol–water partition coefficient (Wildman–Crippen LogP) is 3.00. The summed E-state index contributed by atoms with van der Waals surface area (Å²) in [5, 5.41) is 0. The molecule has 0 spiro atoms. The fraction of sp³-hybridized carbons (Fsp3) is 0.294. The first-order valence-electron chi connectivity index (χ1n) is 6.95. The van der Waals surface area contributed by atoms with Crippen molar-refractivity contribution >= 4 is 27.7 Å². The molecular weight excluding hydrogens is 342 g/mol. The summed E-state index contributed by atoms with van der Waals surface area (Å²) in [5.41, 5.74) is 0. The topological polar surface area (TPSA) is 9.23 Å². The molecule has 2 heteroatoms. The number of benzene rings is 2. The maximum absolute atomic E-state index is 6.30. The van der Waals surface area contributed by atoms with Crippen LogP contribution in [0.5, 0.6) is 0 Å². The molecule has 2 rings (SSSR count). The summed E-state index contributed by atoms with van der Waals surface area (Å²) in [6.07, 6.45) is 3.69. The summed E-state index contributed by atoms with van der Waals surface area (Å²) in [5.74, 6) is 0. The van der Waals surface area contributed by atoms with Crippen LogP contribution in [-0.2, 0) is 3.02 Å². The van der Waals surface area contributed by atoms with Crippen LogP contribution in [0.15, 0.2) is 60.7 Å². The van der Waals surface area contributed by atoms with Crippen LogP contribution in [0.4, 0.5) is 0 Å². The zero-order chi connectivity index (χ0) is 13.3. The fourth-order valence-corrected chi connectivity index (χ4v) is 7.05. The van der Waals surface area contributed by atoms with E-state index in [2.05, 4.69) is 67.6 Å². The Bertz CT molecular complexity index is 416. The van der Waals surface area contributed by atoms with Gasteiger partial charge in [0, 0.05) is 0 Å². The summed E-state index contributed by atoms with van der Waals surface area (Å²) in [7, 11) is 0. The molecule has 19 heavy (non-hydrogen) atoms. The molecule has 0 unspecified atom stereocenters. The van der Waals surface area contributed by atoms with Crippen LogP contribution in [0, 0.1) is 0 Å². The molecule has 2 aromatic rings. The molecule has 0 N–H and O–H groups in total. The van der Waals surface area contributed by atoms with Gasteiger partial charge in [0.05, 0.1) is 0 Å². The van der Waals surface area contributed by atoms with Crippen molar-refractivity contribution in [2.24, 2.45) is 0 Å². The molecule has 0 saturated carbocycles. The second-order valence-corrected chi connectivity index (χ2v) is 9.87. The van der Waals surface area contributed by atoms with Crippen molar-refractivity contribution < 1.29 is 3.02 Å². The maximum atomic E-state index is 6.30. The Morgan fingerprint density at radius 1 is 0.789 bits per heavy atom. The molecule has 0 aliphatic carbocycles. The number of hydrogen-bond acceptors (Lipinski definition) is 1. The normalized spacial score (nSPS) is 10.8. The van der Waals surface area contributed by atoms with Crippen LogP contribution >= 0.6 is 0 Å². The molecule has 0 aliphatic heterocycles. The van der Waals surface area contributed by atoms with E-state index >= 15 is 0 Å². The van der Waals surface area contributed by atoms with E-state index in [4.69, 9.17) is 3.02 Å². The molecule has 1 nitrogen and oxygen atoms in total. The summed E-state index contributed by atoms with van der Waals surface area (Å²) in [4.78, 5) is 0. The van der Waals surface area contributed by atoms with Crippen molar-refractivity contribution in [2.45, 2.75) is 26.2 Å². The van der Waals surface area contributed by atoms with Gasteiger partial charge in [-0.05, 0) is 0 Å². The Kier molecular flexibility index (Phi) is 6.47. The first kappa shape index (κ1) is 14.6. The van der Waals surface area contributed by atoms with Gasteiger partial charge in [-0.2, -0.15) is 0 Å². The minimum absolute atomic E-state index is 0.903. The minimum atomic E-state index is -1.99. The average molecular weight is 363 g/mol. The molecule has 2 aromatic carbocycles. The predicted molar refractivity (Wildman–Crippen MR) is 83.4 cm³/mol. The van der Waals surface area contributed by atoms with E-state index < -0.39 is 20.6 Å². The Balaban J connectivity index is 2.10. The Morgan fingerprint density at radius 3 is 1.79 bits per heavy atom. The van der Waals surface area contributed by atoms with Crippen LogP contribution < -0.4 is 7.02 Å². The fourth-order valence-electron chi connectivity index (χ4n) is 1.93. The van der Waals surface area contributed by atoms with Crippen LogP contribution in [-0.4, -0.2) is 27.2 Å². The molecule has 0 aliphatic rings. The van der Waals surface area contributed by atoms with Crippen LogP contribution in [0.1, 0.15) is 26.2 Å². The molecule has 0 heterocycles. The number of rotatable bonds is 7. The first-order chi connectivity index (χ1) is 9.42. The van der Waals surface area contributed by atoms with Gasteiger partial charge in [0.2, 0.25) is 0 Å². The molecule has 100 valence electrons. The summed E-state index contributed by atoms with van der Waals surface area (Å²) in [6, 6.07) is 21.5. The molecular formula is C17H21OSb. The van der Waals surface area contributed by atoms with Crippen molar-refractivity contribution in [1.29, 1.82) is 0 Å². The zero-order valence-corrected chi connectivity index (χ0v) is 14.0. The van der Waals surface area contributed by atoms with Crippen molar-refractivity contribution in [2.75, 3.05) is 6.61 Å². The third-order valence-corrected chi connectivity index (χ3v) is 8.59. The van der Waals surface area contributed by atoms with Gasteiger partial charge < -0.3 is 0 Å². The quantitative estimate of drug-likeness (QED) is 0.543. The van der Waals surface area contributed by atoms with Gasteiger partial charge in [0.1, 0.15) is 0 Å². The molecule has 0 fully saturated rings. The molecule has 0 amide bonds. The van der Waals surface area contributed by atoms with Gasteiger partial charge >= 0.3 is 124 Å². The molecule has 0 atom stereocenters. The average Bonchev–Trinajstić information content (AvgIpc) is 2.49. The molecule has 0 saturated heterocycles. The third-order valence-electron chi connectivity index (χ3n) is 2.95. The second kappa shape index (κ2) is 8.40. The summed E-state index contributed by atoms with van der Waals surface area (Å²) in [6.45, 7) is 3.13. The van der Waals surface area contributed by atoms with Gasteiger partial charge in [-0.25, -0.2) is 0 Å². The van der Waals surface area contributed by atoms with E-state index in [0.29, 0.717) is 0 Å². The van der Waals surface area contributed by atoms with E-state index in [1.807, 2.05) is 0 Å². The van der Waals surface area contributed by atoms with Gasteiger partial charge in [-0.15, -0.1) is 0 Å². The summed E-state index contributed by atoms with van der Waals surface area (Å²) < 4.78 is 9.12. The van der Waals surface area contributed by atoms with E-state index in [1.54, 1.807) is 0 Å². The van der Waals surface area contributed by atoms with Gasteiger partial charge in [0.25, 0.3) is 0 Å². The van der Waals surface area contributed by atoms with Crippen LogP contribution in [0.25, 0.3) is 0 Å². The van der Waals surface area contributed by atoms with E-state index in [1.165, 1.54) is 26.3 Å².